The minimum absolute atomic E-state index is 0.0719. The molecule has 4 rings (SSSR count). The summed E-state index contributed by atoms with van der Waals surface area (Å²) >= 11 is 1.52. The van der Waals surface area contributed by atoms with Gasteiger partial charge in [0.05, 0.1) is 31.7 Å². The number of aryl methyl sites for hydroxylation is 1. The van der Waals surface area contributed by atoms with Crippen molar-refractivity contribution in [3.63, 3.8) is 0 Å². The first-order chi connectivity index (χ1) is 15.7. The van der Waals surface area contributed by atoms with Crippen LogP contribution in [-0.2, 0) is 9.53 Å². The van der Waals surface area contributed by atoms with E-state index in [2.05, 4.69) is 44.0 Å². The van der Waals surface area contributed by atoms with Crippen molar-refractivity contribution in [3.8, 4) is 11.4 Å². The minimum Gasteiger partial charge on any atom is -0.495 e. The molecule has 32 heavy (non-hydrogen) atoms. The Balaban J connectivity index is 1.48. The molecule has 1 amide bonds. The molecule has 9 heteroatoms. The number of hydrogen-bond acceptors (Lipinski definition) is 7. The Morgan fingerprint density at radius 1 is 1.12 bits per heavy atom. The van der Waals surface area contributed by atoms with E-state index in [0.29, 0.717) is 36.8 Å². The second kappa shape index (κ2) is 10.5. The molecule has 1 aliphatic heterocycles. The van der Waals surface area contributed by atoms with Gasteiger partial charge in [0.2, 0.25) is 11.9 Å². The van der Waals surface area contributed by atoms with Crippen molar-refractivity contribution < 1.29 is 14.3 Å². The number of thioether (sulfide) groups is 1. The Kier molecular flexibility index (Phi) is 7.28. The number of ether oxygens (including phenoxy) is 2. The average molecular weight is 454 g/mol. The lowest BCUT2D eigenvalue weighted by Gasteiger charge is -2.28. The molecule has 0 bridgehead atoms. The summed E-state index contributed by atoms with van der Waals surface area (Å²) in [7, 11) is 1.59. The number of carbonyl (C=O) groups excluding carboxylic acids is 1. The molecule has 1 saturated heterocycles. The van der Waals surface area contributed by atoms with Crippen molar-refractivity contribution in [2.75, 3.05) is 49.4 Å². The van der Waals surface area contributed by atoms with Crippen LogP contribution in [0.4, 0.5) is 11.6 Å². The topological polar surface area (TPSA) is 81.5 Å². The molecule has 0 saturated carbocycles. The molecule has 1 fully saturated rings. The monoisotopic (exact) mass is 453 g/mol. The summed E-state index contributed by atoms with van der Waals surface area (Å²) in [5.74, 6) is 1.96. The SMILES string of the molecule is COc1ccccc1NC(=O)CCSc1nnc(N2CCOCC2)n1-c1ccccc1C. The fourth-order valence-corrected chi connectivity index (χ4v) is 4.42. The molecule has 0 radical (unpaired) electrons. The van der Waals surface area contributed by atoms with Crippen LogP contribution < -0.4 is 15.0 Å². The van der Waals surface area contributed by atoms with Crippen molar-refractivity contribution in [3.05, 3.63) is 54.1 Å². The van der Waals surface area contributed by atoms with Gasteiger partial charge in [0, 0.05) is 25.3 Å². The summed E-state index contributed by atoms with van der Waals surface area (Å²) in [6.07, 6.45) is 0.343. The van der Waals surface area contributed by atoms with Crippen molar-refractivity contribution in [2.24, 2.45) is 0 Å². The Morgan fingerprint density at radius 3 is 2.66 bits per heavy atom. The number of rotatable bonds is 8. The third-order valence-electron chi connectivity index (χ3n) is 5.21. The van der Waals surface area contributed by atoms with Gasteiger partial charge >= 0.3 is 0 Å². The molecule has 8 nitrogen and oxygen atoms in total. The predicted molar refractivity (Wildman–Crippen MR) is 126 cm³/mol. The molecule has 2 aromatic carbocycles. The van der Waals surface area contributed by atoms with Gasteiger partial charge in [0.1, 0.15) is 5.75 Å². The summed E-state index contributed by atoms with van der Waals surface area (Å²) in [6.45, 7) is 4.97. The number of benzene rings is 2. The Morgan fingerprint density at radius 2 is 1.88 bits per heavy atom. The van der Waals surface area contributed by atoms with E-state index in [1.807, 2.05) is 36.4 Å². The summed E-state index contributed by atoms with van der Waals surface area (Å²) in [4.78, 5) is 14.7. The molecule has 0 unspecified atom stereocenters. The van der Waals surface area contributed by atoms with Crippen LogP contribution in [-0.4, -0.2) is 59.8 Å². The number of aromatic nitrogens is 3. The van der Waals surface area contributed by atoms with Gasteiger partial charge in [0.25, 0.3) is 0 Å². The van der Waals surface area contributed by atoms with Crippen molar-refractivity contribution >= 4 is 29.3 Å². The van der Waals surface area contributed by atoms with Gasteiger partial charge in [-0.05, 0) is 30.7 Å². The number of carbonyl (C=O) groups is 1. The quantitative estimate of drug-likeness (QED) is 0.523. The van der Waals surface area contributed by atoms with Gasteiger partial charge < -0.3 is 19.7 Å². The van der Waals surface area contributed by atoms with Crippen LogP contribution in [0.2, 0.25) is 0 Å². The predicted octanol–water partition coefficient (Wildman–Crippen LogP) is 3.54. The lowest BCUT2D eigenvalue weighted by atomic mass is 10.2. The zero-order chi connectivity index (χ0) is 22.3. The molecule has 1 aromatic heterocycles. The molecule has 1 aliphatic rings. The zero-order valence-electron chi connectivity index (χ0n) is 18.3. The standard InChI is InChI=1S/C23H27N5O3S/c1-17-7-3-5-9-19(17)28-22(27-12-14-31-15-13-27)25-26-23(28)32-16-11-21(29)24-18-8-4-6-10-20(18)30-2/h3-10H,11-16H2,1-2H3,(H,24,29). The lowest BCUT2D eigenvalue weighted by Crippen LogP contribution is -2.38. The molecule has 168 valence electrons. The molecule has 2 heterocycles. The van der Waals surface area contributed by atoms with Gasteiger partial charge in [-0.1, -0.05) is 42.1 Å². The number of morpholine rings is 1. The maximum atomic E-state index is 12.5. The number of anilines is 2. The highest BCUT2D eigenvalue weighted by atomic mass is 32.2. The van der Waals surface area contributed by atoms with Crippen molar-refractivity contribution in [1.82, 2.24) is 14.8 Å². The number of nitrogens with one attached hydrogen (secondary N) is 1. The Hall–Kier alpha value is -3.04. The molecule has 3 aromatic rings. The lowest BCUT2D eigenvalue weighted by molar-refractivity contribution is -0.115. The summed E-state index contributed by atoms with van der Waals surface area (Å²) in [6, 6.07) is 15.6. The first-order valence-corrected chi connectivity index (χ1v) is 11.6. The first-order valence-electron chi connectivity index (χ1n) is 10.6. The normalized spacial score (nSPS) is 13.8. The third-order valence-corrected chi connectivity index (χ3v) is 6.14. The van der Waals surface area contributed by atoms with Gasteiger partial charge in [0.15, 0.2) is 5.16 Å². The average Bonchev–Trinajstić information content (AvgIpc) is 3.24. The Labute approximate surface area is 191 Å². The van der Waals surface area contributed by atoms with E-state index in [0.717, 1.165) is 35.4 Å². The second-order valence-electron chi connectivity index (χ2n) is 7.35. The van der Waals surface area contributed by atoms with Gasteiger partial charge in [-0.3, -0.25) is 9.36 Å². The highest BCUT2D eigenvalue weighted by molar-refractivity contribution is 7.99. The number of methoxy groups -OCH3 is 1. The van der Waals surface area contributed by atoms with E-state index in [9.17, 15) is 4.79 Å². The summed E-state index contributed by atoms with van der Waals surface area (Å²) in [5, 5.41) is 12.6. The highest BCUT2D eigenvalue weighted by Crippen LogP contribution is 2.29. The van der Waals surface area contributed by atoms with E-state index in [-0.39, 0.29) is 5.91 Å². The zero-order valence-corrected chi connectivity index (χ0v) is 19.1. The van der Waals surface area contributed by atoms with Crippen LogP contribution in [0.25, 0.3) is 5.69 Å². The smallest absolute Gasteiger partial charge is 0.232 e. The van der Waals surface area contributed by atoms with Crippen molar-refractivity contribution in [2.45, 2.75) is 18.5 Å². The fraction of sp³-hybridized carbons (Fsp3) is 0.348. The fourth-order valence-electron chi connectivity index (χ4n) is 3.54. The largest absolute Gasteiger partial charge is 0.495 e. The molecular weight excluding hydrogens is 426 g/mol. The maximum Gasteiger partial charge on any atom is 0.232 e. The van der Waals surface area contributed by atoms with Gasteiger partial charge in [-0.2, -0.15) is 0 Å². The van der Waals surface area contributed by atoms with E-state index in [1.165, 1.54) is 11.8 Å². The van der Waals surface area contributed by atoms with E-state index >= 15 is 0 Å². The van der Waals surface area contributed by atoms with Crippen LogP contribution in [0.15, 0.2) is 53.7 Å². The number of para-hydroxylation sites is 3. The third kappa shape index (κ3) is 5.05. The molecular formula is C23H27N5O3S. The van der Waals surface area contributed by atoms with Crippen LogP contribution in [0.1, 0.15) is 12.0 Å². The van der Waals surface area contributed by atoms with Crippen LogP contribution in [0.3, 0.4) is 0 Å². The van der Waals surface area contributed by atoms with E-state index in [1.54, 1.807) is 7.11 Å². The van der Waals surface area contributed by atoms with Crippen LogP contribution in [0, 0.1) is 6.92 Å². The number of amides is 1. The minimum atomic E-state index is -0.0719. The molecule has 0 atom stereocenters. The van der Waals surface area contributed by atoms with Crippen LogP contribution >= 0.6 is 11.8 Å². The van der Waals surface area contributed by atoms with Gasteiger partial charge in [-0.25, -0.2) is 0 Å². The van der Waals surface area contributed by atoms with Crippen molar-refractivity contribution in [1.29, 1.82) is 0 Å². The summed E-state index contributed by atoms with van der Waals surface area (Å²) in [5.41, 5.74) is 2.85. The highest BCUT2D eigenvalue weighted by Gasteiger charge is 2.22. The van der Waals surface area contributed by atoms with Crippen LogP contribution in [0.5, 0.6) is 5.75 Å². The van der Waals surface area contributed by atoms with Gasteiger partial charge in [-0.15, -0.1) is 10.2 Å². The Bertz CT molecular complexity index is 1070. The molecule has 0 spiro atoms. The maximum absolute atomic E-state index is 12.5. The van der Waals surface area contributed by atoms with E-state index < -0.39 is 0 Å². The molecule has 1 N–H and O–H groups in total. The van der Waals surface area contributed by atoms with E-state index in [4.69, 9.17) is 9.47 Å². The summed E-state index contributed by atoms with van der Waals surface area (Å²) < 4.78 is 12.9. The second-order valence-corrected chi connectivity index (χ2v) is 8.41. The first kappa shape index (κ1) is 22.2. The molecule has 0 aliphatic carbocycles. The number of nitrogens with zero attached hydrogens (tertiary/aromatic N) is 4. The number of hydrogen-bond donors (Lipinski definition) is 1.